The highest BCUT2D eigenvalue weighted by Gasteiger charge is 2.25. The zero-order chi connectivity index (χ0) is 8.81. The van der Waals surface area contributed by atoms with E-state index in [0.29, 0.717) is 12.7 Å². The van der Waals surface area contributed by atoms with E-state index in [4.69, 9.17) is 14.6 Å². The molecule has 1 heterocycles. The van der Waals surface area contributed by atoms with Gasteiger partial charge in [-0.1, -0.05) is 0 Å². The van der Waals surface area contributed by atoms with Crippen molar-refractivity contribution in [2.24, 2.45) is 5.92 Å². The van der Waals surface area contributed by atoms with E-state index >= 15 is 0 Å². The van der Waals surface area contributed by atoms with Crippen molar-refractivity contribution in [1.82, 2.24) is 0 Å². The van der Waals surface area contributed by atoms with Crippen LogP contribution < -0.4 is 0 Å². The Kier molecular flexibility index (Phi) is 4.99. The van der Waals surface area contributed by atoms with Crippen LogP contribution in [0, 0.1) is 5.92 Å². The molecule has 1 fully saturated rings. The molecule has 0 bridgehead atoms. The van der Waals surface area contributed by atoms with Crippen molar-refractivity contribution in [3.05, 3.63) is 0 Å². The maximum absolute atomic E-state index is 9.03. The Balaban J connectivity index is 2.26. The van der Waals surface area contributed by atoms with Gasteiger partial charge in [-0.25, -0.2) is 0 Å². The van der Waals surface area contributed by atoms with Crippen LogP contribution >= 0.6 is 11.8 Å². The van der Waals surface area contributed by atoms with E-state index in [-0.39, 0.29) is 12.7 Å². The molecule has 1 rings (SSSR count). The van der Waals surface area contributed by atoms with Crippen molar-refractivity contribution in [3.8, 4) is 0 Å². The van der Waals surface area contributed by atoms with E-state index in [9.17, 15) is 0 Å². The molecule has 3 nitrogen and oxygen atoms in total. The summed E-state index contributed by atoms with van der Waals surface area (Å²) in [5, 5.41) is 9.03. The first-order chi connectivity index (χ1) is 5.88. The molecular weight excluding hydrogens is 176 g/mol. The maximum atomic E-state index is 9.03. The Morgan fingerprint density at radius 2 is 2.42 bits per heavy atom. The average molecular weight is 192 g/mol. The summed E-state index contributed by atoms with van der Waals surface area (Å²) >= 11 is 1.88. The Morgan fingerprint density at radius 1 is 1.58 bits per heavy atom. The molecule has 4 heteroatoms. The molecule has 1 N–H and O–H groups in total. The highest BCUT2D eigenvalue weighted by Crippen LogP contribution is 2.25. The summed E-state index contributed by atoms with van der Waals surface area (Å²) in [6, 6.07) is 0. The molecule has 0 aromatic carbocycles. The fourth-order valence-corrected chi connectivity index (χ4v) is 2.51. The molecule has 0 unspecified atom stereocenters. The van der Waals surface area contributed by atoms with Crippen LogP contribution in [0.3, 0.4) is 0 Å². The average Bonchev–Trinajstić information content (AvgIpc) is 2.15. The molecule has 1 saturated heterocycles. The number of thioether (sulfide) groups is 1. The molecule has 12 heavy (non-hydrogen) atoms. The topological polar surface area (TPSA) is 38.7 Å². The van der Waals surface area contributed by atoms with Gasteiger partial charge in [0, 0.05) is 25.4 Å². The monoisotopic (exact) mass is 192 g/mol. The lowest BCUT2D eigenvalue weighted by molar-refractivity contribution is -0.0956. The Bertz CT molecular complexity index is 121. The first kappa shape index (κ1) is 10.3. The second-order valence-electron chi connectivity index (χ2n) is 2.92. The van der Waals surface area contributed by atoms with Crippen molar-refractivity contribution in [2.75, 3.05) is 32.0 Å². The highest BCUT2D eigenvalue weighted by atomic mass is 32.2. The molecule has 0 aromatic heterocycles. The normalized spacial score (nSPS) is 30.5. The van der Waals surface area contributed by atoms with Crippen molar-refractivity contribution >= 4 is 11.8 Å². The van der Waals surface area contributed by atoms with Gasteiger partial charge in [0.25, 0.3) is 0 Å². The SMILES string of the molecule is COCO[C@H]1CCSC[C@@H]1CO. The number of hydrogen-bond donors (Lipinski definition) is 1. The van der Waals surface area contributed by atoms with Gasteiger partial charge < -0.3 is 14.6 Å². The molecule has 0 aromatic rings. The van der Waals surface area contributed by atoms with Crippen molar-refractivity contribution in [2.45, 2.75) is 12.5 Å². The van der Waals surface area contributed by atoms with Gasteiger partial charge in [-0.15, -0.1) is 0 Å². The van der Waals surface area contributed by atoms with Gasteiger partial charge in [-0.3, -0.25) is 0 Å². The van der Waals surface area contributed by atoms with Gasteiger partial charge in [0.15, 0.2) is 0 Å². The van der Waals surface area contributed by atoms with Crippen molar-refractivity contribution in [3.63, 3.8) is 0 Å². The highest BCUT2D eigenvalue weighted by molar-refractivity contribution is 7.99. The number of aliphatic hydroxyl groups is 1. The lowest BCUT2D eigenvalue weighted by atomic mass is 10.0. The van der Waals surface area contributed by atoms with Crippen molar-refractivity contribution in [1.29, 1.82) is 0 Å². The number of hydrogen-bond acceptors (Lipinski definition) is 4. The summed E-state index contributed by atoms with van der Waals surface area (Å²) in [7, 11) is 1.62. The summed E-state index contributed by atoms with van der Waals surface area (Å²) < 4.78 is 10.3. The number of aliphatic hydroxyl groups excluding tert-OH is 1. The summed E-state index contributed by atoms with van der Waals surface area (Å²) in [4.78, 5) is 0. The molecule has 0 spiro atoms. The summed E-state index contributed by atoms with van der Waals surface area (Å²) in [5.41, 5.74) is 0. The Morgan fingerprint density at radius 3 is 3.08 bits per heavy atom. The van der Waals surface area contributed by atoms with Crippen LogP contribution in [0.4, 0.5) is 0 Å². The third kappa shape index (κ3) is 2.94. The Labute approximate surface area is 77.4 Å². The fourth-order valence-electron chi connectivity index (χ4n) is 1.32. The number of rotatable bonds is 4. The van der Waals surface area contributed by atoms with Gasteiger partial charge in [-0.05, 0) is 12.2 Å². The van der Waals surface area contributed by atoms with Crippen LogP contribution in [0.15, 0.2) is 0 Å². The molecule has 2 atom stereocenters. The molecule has 72 valence electrons. The summed E-state index contributed by atoms with van der Waals surface area (Å²) in [6.45, 7) is 0.563. The number of methoxy groups -OCH3 is 1. The molecule has 0 saturated carbocycles. The van der Waals surface area contributed by atoms with Crippen LogP contribution in [0.1, 0.15) is 6.42 Å². The minimum Gasteiger partial charge on any atom is -0.396 e. The zero-order valence-corrected chi connectivity index (χ0v) is 8.18. The predicted molar refractivity (Wildman–Crippen MR) is 49.3 cm³/mol. The first-order valence-electron chi connectivity index (χ1n) is 4.17. The van der Waals surface area contributed by atoms with Crippen LogP contribution in [0.5, 0.6) is 0 Å². The van der Waals surface area contributed by atoms with Gasteiger partial charge in [0.1, 0.15) is 6.79 Å². The van der Waals surface area contributed by atoms with Crippen LogP contribution in [0.25, 0.3) is 0 Å². The largest absolute Gasteiger partial charge is 0.396 e. The third-order valence-electron chi connectivity index (χ3n) is 2.04. The third-order valence-corrected chi connectivity index (χ3v) is 3.23. The van der Waals surface area contributed by atoms with E-state index in [1.54, 1.807) is 7.11 Å². The molecule has 0 aliphatic carbocycles. The maximum Gasteiger partial charge on any atom is 0.146 e. The second kappa shape index (κ2) is 5.80. The second-order valence-corrected chi connectivity index (χ2v) is 4.07. The van der Waals surface area contributed by atoms with Gasteiger partial charge in [-0.2, -0.15) is 11.8 Å². The molecule has 1 aliphatic heterocycles. The van der Waals surface area contributed by atoms with E-state index in [0.717, 1.165) is 17.9 Å². The van der Waals surface area contributed by atoms with E-state index in [1.165, 1.54) is 0 Å². The lowest BCUT2D eigenvalue weighted by Crippen LogP contribution is -2.33. The van der Waals surface area contributed by atoms with Crippen LogP contribution in [-0.2, 0) is 9.47 Å². The van der Waals surface area contributed by atoms with E-state index < -0.39 is 0 Å². The lowest BCUT2D eigenvalue weighted by Gasteiger charge is -2.29. The molecular formula is C8H16O3S. The van der Waals surface area contributed by atoms with Gasteiger partial charge in [0.05, 0.1) is 6.10 Å². The molecule has 0 radical (unpaired) electrons. The van der Waals surface area contributed by atoms with E-state index in [1.807, 2.05) is 11.8 Å². The molecule has 1 aliphatic rings. The van der Waals surface area contributed by atoms with Crippen LogP contribution in [0.2, 0.25) is 0 Å². The van der Waals surface area contributed by atoms with E-state index in [2.05, 4.69) is 0 Å². The summed E-state index contributed by atoms with van der Waals surface area (Å²) in [5.74, 6) is 2.43. The van der Waals surface area contributed by atoms with Crippen molar-refractivity contribution < 1.29 is 14.6 Å². The predicted octanol–water partition coefficient (Wildman–Crippen LogP) is 0.721. The smallest absolute Gasteiger partial charge is 0.146 e. The standard InChI is InChI=1S/C8H16O3S/c1-10-6-11-8-2-3-12-5-7(8)4-9/h7-9H,2-6H2,1H3/t7-,8-/m0/s1. The summed E-state index contributed by atoms with van der Waals surface area (Å²) in [6.07, 6.45) is 1.22. The molecule has 0 amide bonds. The van der Waals surface area contributed by atoms with Gasteiger partial charge >= 0.3 is 0 Å². The van der Waals surface area contributed by atoms with Gasteiger partial charge in [0.2, 0.25) is 0 Å². The van der Waals surface area contributed by atoms with Crippen LogP contribution in [-0.4, -0.2) is 43.2 Å². The Hall–Kier alpha value is 0.230. The minimum absolute atomic E-state index is 0.191. The fraction of sp³-hybridized carbons (Fsp3) is 1.00. The number of ether oxygens (including phenoxy) is 2. The zero-order valence-electron chi connectivity index (χ0n) is 7.36. The first-order valence-corrected chi connectivity index (χ1v) is 5.33. The minimum atomic E-state index is 0.191. The quantitative estimate of drug-likeness (QED) is 0.666.